The van der Waals surface area contributed by atoms with Crippen LogP contribution in [0.3, 0.4) is 0 Å². The number of hydrogen-bond acceptors (Lipinski definition) is 3. The highest BCUT2D eigenvalue weighted by atomic mass is 127. The summed E-state index contributed by atoms with van der Waals surface area (Å²) in [6, 6.07) is 8.54. The average molecular weight is 450 g/mol. The second kappa shape index (κ2) is 11.1. The Bertz CT molecular complexity index is 489. The molecule has 0 saturated carbocycles. The number of nitrogens with one attached hydrogen (secondary N) is 2. The van der Waals surface area contributed by atoms with Crippen LogP contribution in [0.2, 0.25) is 0 Å². The molecule has 1 aromatic rings. The lowest BCUT2D eigenvalue weighted by Crippen LogP contribution is -2.43. The quantitative estimate of drug-likeness (QED) is 0.381. The normalized spacial score (nSPS) is 12.0. The average Bonchev–Trinajstić information content (AvgIpc) is 2.48. The summed E-state index contributed by atoms with van der Waals surface area (Å²) >= 11 is 1.85. The van der Waals surface area contributed by atoms with Gasteiger partial charge in [0.05, 0.1) is 0 Å². The third kappa shape index (κ3) is 8.81. The van der Waals surface area contributed by atoms with Crippen molar-refractivity contribution in [1.29, 1.82) is 0 Å². The van der Waals surface area contributed by atoms with Gasteiger partial charge < -0.3 is 15.5 Å². The predicted molar refractivity (Wildman–Crippen MR) is 115 cm³/mol. The molecule has 0 fully saturated rings. The molecule has 0 amide bonds. The monoisotopic (exact) mass is 450 g/mol. The van der Waals surface area contributed by atoms with Gasteiger partial charge >= 0.3 is 0 Å². The van der Waals surface area contributed by atoms with Crippen molar-refractivity contribution in [2.24, 2.45) is 4.99 Å². The van der Waals surface area contributed by atoms with Gasteiger partial charge in [0.15, 0.2) is 5.96 Å². The third-order valence-corrected chi connectivity index (χ3v) is 4.76. The summed E-state index contributed by atoms with van der Waals surface area (Å²) in [7, 11) is 6.00. The molecule has 0 aliphatic carbocycles. The van der Waals surface area contributed by atoms with Crippen molar-refractivity contribution in [2.45, 2.75) is 31.7 Å². The van der Waals surface area contributed by atoms with Crippen LogP contribution in [-0.2, 0) is 13.1 Å². The fraction of sp³-hybridized carbons (Fsp3) is 0.588. The summed E-state index contributed by atoms with van der Waals surface area (Å²) in [5, 5.41) is 6.81. The van der Waals surface area contributed by atoms with Crippen molar-refractivity contribution >= 4 is 41.7 Å². The van der Waals surface area contributed by atoms with Crippen molar-refractivity contribution in [2.75, 3.05) is 33.9 Å². The Morgan fingerprint density at radius 1 is 1.17 bits per heavy atom. The number of guanidine groups is 1. The van der Waals surface area contributed by atoms with E-state index in [9.17, 15) is 0 Å². The topological polar surface area (TPSA) is 39.7 Å². The molecule has 0 aliphatic heterocycles. The molecule has 0 aliphatic rings. The molecule has 1 aromatic carbocycles. The van der Waals surface area contributed by atoms with Crippen LogP contribution in [0.15, 0.2) is 29.3 Å². The summed E-state index contributed by atoms with van der Waals surface area (Å²) < 4.78 is 0.195. The molecule has 2 N–H and O–H groups in total. The van der Waals surface area contributed by atoms with Crippen molar-refractivity contribution in [3.05, 3.63) is 35.4 Å². The Balaban J connectivity index is 0.00000484. The Labute approximate surface area is 162 Å². The van der Waals surface area contributed by atoms with Crippen LogP contribution in [0.1, 0.15) is 25.0 Å². The van der Waals surface area contributed by atoms with Gasteiger partial charge in [0, 0.05) is 31.4 Å². The zero-order valence-electron chi connectivity index (χ0n) is 15.1. The van der Waals surface area contributed by atoms with E-state index in [1.54, 1.807) is 0 Å². The molecular formula is C17H31IN4S. The maximum absolute atomic E-state index is 4.31. The van der Waals surface area contributed by atoms with Crippen LogP contribution in [0.25, 0.3) is 0 Å². The van der Waals surface area contributed by atoms with Gasteiger partial charge in [0.1, 0.15) is 0 Å². The first kappa shape index (κ1) is 22.5. The van der Waals surface area contributed by atoms with Gasteiger partial charge in [-0.2, -0.15) is 11.8 Å². The lowest BCUT2D eigenvalue weighted by atomic mass is 10.1. The van der Waals surface area contributed by atoms with Gasteiger partial charge in [-0.25, -0.2) is 0 Å². The van der Waals surface area contributed by atoms with E-state index in [1.165, 1.54) is 11.1 Å². The highest BCUT2D eigenvalue weighted by Gasteiger charge is 2.16. The molecule has 132 valence electrons. The van der Waals surface area contributed by atoms with Gasteiger partial charge in [-0.1, -0.05) is 24.3 Å². The fourth-order valence-corrected chi connectivity index (χ4v) is 2.21. The minimum atomic E-state index is 0. The molecule has 6 heteroatoms. The van der Waals surface area contributed by atoms with Crippen molar-refractivity contribution < 1.29 is 0 Å². The van der Waals surface area contributed by atoms with Crippen LogP contribution >= 0.6 is 35.7 Å². The summed E-state index contributed by atoms with van der Waals surface area (Å²) in [6.07, 6.45) is 2.13. The maximum Gasteiger partial charge on any atom is 0.191 e. The Kier molecular flexibility index (Phi) is 10.9. The summed E-state index contributed by atoms with van der Waals surface area (Å²) in [5.74, 6) is 0.849. The zero-order chi connectivity index (χ0) is 16.6. The smallest absolute Gasteiger partial charge is 0.191 e. The van der Waals surface area contributed by atoms with E-state index in [4.69, 9.17) is 0 Å². The Morgan fingerprint density at radius 2 is 1.78 bits per heavy atom. The molecule has 0 aromatic heterocycles. The Morgan fingerprint density at radius 3 is 2.30 bits per heavy atom. The van der Waals surface area contributed by atoms with Crippen LogP contribution in [0, 0.1) is 0 Å². The molecule has 0 heterocycles. The second-order valence-electron chi connectivity index (χ2n) is 6.25. The lowest BCUT2D eigenvalue weighted by molar-refractivity contribution is 0.400. The number of thioether (sulfide) groups is 1. The van der Waals surface area contributed by atoms with Crippen molar-refractivity contribution in [3.63, 3.8) is 0 Å². The van der Waals surface area contributed by atoms with Crippen LogP contribution < -0.4 is 10.6 Å². The van der Waals surface area contributed by atoms with Crippen LogP contribution in [-0.4, -0.2) is 49.6 Å². The second-order valence-corrected chi connectivity index (χ2v) is 7.76. The Hall–Kier alpha value is -0.470. The van der Waals surface area contributed by atoms with Gasteiger partial charge in [-0.15, -0.1) is 24.0 Å². The van der Waals surface area contributed by atoms with E-state index in [2.05, 4.69) is 79.0 Å². The first-order valence-corrected chi connectivity index (χ1v) is 8.81. The van der Waals surface area contributed by atoms with Gasteiger partial charge in [-0.3, -0.25) is 4.99 Å². The maximum atomic E-state index is 4.31. The first-order chi connectivity index (χ1) is 10.4. The summed E-state index contributed by atoms with van der Waals surface area (Å²) in [5.41, 5.74) is 2.66. The number of hydrogen-bond donors (Lipinski definition) is 2. The molecule has 0 spiro atoms. The molecule has 23 heavy (non-hydrogen) atoms. The highest BCUT2D eigenvalue weighted by Crippen LogP contribution is 2.19. The van der Waals surface area contributed by atoms with E-state index in [0.29, 0.717) is 0 Å². The van der Waals surface area contributed by atoms with Gasteiger partial charge in [-0.05, 0) is 45.3 Å². The zero-order valence-corrected chi connectivity index (χ0v) is 18.3. The predicted octanol–water partition coefficient (Wildman–Crippen LogP) is 3.17. The van der Waals surface area contributed by atoms with Crippen molar-refractivity contribution in [3.8, 4) is 0 Å². The highest BCUT2D eigenvalue weighted by molar-refractivity contribution is 14.0. The van der Waals surface area contributed by atoms with E-state index in [1.807, 2.05) is 18.8 Å². The third-order valence-electron chi connectivity index (χ3n) is 3.51. The molecule has 0 unspecified atom stereocenters. The number of aliphatic imine (C=N–C) groups is 1. The molecule has 0 saturated heterocycles. The minimum absolute atomic E-state index is 0. The lowest BCUT2D eigenvalue weighted by Gasteiger charge is -2.24. The molecule has 4 nitrogen and oxygen atoms in total. The molecule has 0 atom stereocenters. The first-order valence-electron chi connectivity index (χ1n) is 7.59. The fourth-order valence-electron chi connectivity index (χ4n) is 1.99. The molecule has 1 rings (SSSR count). The number of halogens is 1. The van der Waals surface area contributed by atoms with E-state index < -0.39 is 0 Å². The molecule has 0 radical (unpaired) electrons. The van der Waals surface area contributed by atoms with E-state index >= 15 is 0 Å². The van der Waals surface area contributed by atoms with E-state index in [-0.39, 0.29) is 28.7 Å². The van der Waals surface area contributed by atoms with Crippen molar-refractivity contribution in [1.82, 2.24) is 15.5 Å². The van der Waals surface area contributed by atoms with E-state index in [0.717, 1.165) is 25.6 Å². The van der Waals surface area contributed by atoms with Crippen LogP contribution in [0.5, 0.6) is 0 Å². The number of rotatable bonds is 7. The summed E-state index contributed by atoms with van der Waals surface area (Å²) in [4.78, 5) is 6.49. The SMILES string of the molecule is CN=C(NCc1ccccc1CN(C)C)NCC(C)(C)SC.I. The molecule has 0 bridgehead atoms. The van der Waals surface area contributed by atoms with Gasteiger partial charge in [0.2, 0.25) is 0 Å². The standard InChI is InChI=1S/C17H30N4S.HI/c1-17(2,22-6)13-20-16(18-3)19-11-14-9-7-8-10-15(14)12-21(4)5;/h7-10H,11-13H2,1-6H3,(H2,18,19,20);1H. The van der Waals surface area contributed by atoms with Gasteiger partial charge in [0.25, 0.3) is 0 Å². The largest absolute Gasteiger partial charge is 0.355 e. The van der Waals surface area contributed by atoms with Crippen LogP contribution in [0.4, 0.5) is 0 Å². The minimum Gasteiger partial charge on any atom is -0.355 e. The summed E-state index contributed by atoms with van der Waals surface area (Å²) in [6.45, 7) is 7.06. The number of nitrogens with zero attached hydrogens (tertiary/aromatic N) is 2. The molecular weight excluding hydrogens is 419 g/mol. The number of benzene rings is 1.